The van der Waals surface area contributed by atoms with Gasteiger partial charge in [-0.2, -0.15) is 0 Å². The fraction of sp³-hybridized carbons (Fsp3) is 0.667. The van der Waals surface area contributed by atoms with Gasteiger partial charge >= 0.3 is 0 Å². The highest BCUT2D eigenvalue weighted by atomic mass is 16.3. The molecule has 1 aromatic rings. The molecule has 0 saturated heterocycles. The van der Waals surface area contributed by atoms with Gasteiger partial charge in [-0.1, -0.05) is 27.7 Å². The van der Waals surface area contributed by atoms with Gasteiger partial charge in [0.15, 0.2) is 5.96 Å². The number of guanidine groups is 1. The molecule has 0 aliphatic heterocycles. The molecule has 0 bridgehead atoms. The van der Waals surface area contributed by atoms with Gasteiger partial charge < -0.3 is 15.1 Å². The van der Waals surface area contributed by atoms with Crippen molar-refractivity contribution in [2.45, 2.75) is 40.7 Å². The highest BCUT2D eigenvalue weighted by Gasteiger charge is 2.19. The van der Waals surface area contributed by atoms with Gasteiger partial charge in [-0.25, -0.2) is 0 Å². The van der Waals surface area contributed by atoms with Gasteiger partial charge in [-0.3, -0.25) is 4.99 Å². The van der Waals surface area contributed by atoms with Crippen LogP contribution in [0.2, 0.25) is 0 Å². The van der Waals surface area contributed by atoms with Crippen LogP contribution < -0.4 is 10.6 Å². The lowest BCUT2D eigenvalue weighted by Crippen LogP contribution is -2.42. The largest absolute Gasteiger partial charge is 0.467 e. The Balaban J connectivity index is 2.36. The minimum atomic E-state index is 0.260. The van der Waals surface area contributed by atoms with Crippen molar-refractivity contribution in [2.75, 3.05) is 13.6 Å². The van der Waals surface area contributed by atoms with Gasteiger partial charge in [0.1, 0.15) is 5.76 Å². The van der Waals surface area contributed by atoms with E-state index in [1.807, 2.05) is 12.1 Å². The zero-order valence-electron chi connectivity index (χ0n) is 12.8. The normalized spacial score (nSPS) is 12.8. The molecule has 0 aliphatic carbocycles. The summed E-state index contributed by atoms with van der Waals surface area (Å²) in [6.07, 6.45) is 2.87. The van der Waals surface area contributed by atoms with Crippen molar-refractivity contribution in [2.24, 2.45) is 16.3 Å². The monoisotopic (exact) mass is 265 g/mol. The Hall–Kier alpha value is -1.45. The van der Waals surface area contributed by atoms with E-state index in [4.69, 9.17) is 4.42 Å². The maximum Gasteiger partial charge on any atom is 0.191 e. The highest BCUT2D eigenvalue weighted by Crippen LogP contribution is 2.23. The Morgan fingerprint density at radius 2 is 2.11 bits per heavy atom. The molecule has 2 N–H and O–H groups in total. The second-order valence-electron chi connectivity index (χ2n) is 6.12. The van der Waals surface area contributed by atoms with Crippen LogP contribution in [0.5, 0.6) is 0 Å². The van der Waals surface area contributed by atoms with E-state index in [0.717, 1.165) is 18.3 Å². The van der Waals surface area contributed by atoms with E-state index in [0.29, 0.717) is 12.5 Å². The van der Waals surface area contributed by atoms with Gasteiger partial charge in [0.2, 0.25) is 0 Å². The topological polar surface area (TPSA) is 49.6 Å². The molecule has 0 radical (unpaired) electrons. The van der Waals surface area contributed by atoms with E-state index < -0.39 is 0 Å². The van der Waals surface area contributed by atoms with Crippen molar-refractivity contribution in [1.29, 1.82) is 0 Å². The number of nitrogens with zero attached hydrogens (tertiary/aromatic N) is 1. The number of nitrogens with one attached hydrogen (secondary N) is 2. The van der Waals surface area contributed by atoms with Crippen LogP contribution in [-0.4, -0.2) is 19.6 Å². The van der Waals surface area contributed by atoms with Crippen molar-refractivity contribution in [3.63, 3.8) is 0 Å². The van der Waals surface area contributed by atoms with E-state index in [1.54, 1.807) is 13.3 Å². The van der Waals surface area contributed by atoms with Crippen LogP contribution in [0, 0.1) is 11.3 Å². The van der Waals surface area contributed by atoms with Crippen molar-refractivity contribution < 1.29 is 4.42 Å². The van der Waals surface area contributed by atoms with Crippen molar-refractivity contribution in [1.82, 2.24) is 10.6 Å². The first-order chi connectivity index (χ1) is 8.93. The van der Waals surface area contributed by atoms with Crippen molar-refractivity contribution >= 4 is 5.96 Å². The molecule has 0 saturated carbocycles. The Morgan fingerprint density at radius 3 is 2.63 bits per heavy atom. The molecular formula is C15H27N3O. The van der Waals surface area contributed by atoms with Crippen LogP contribution in [0.4, 0.5) is 0 Å². The Morgan fingerprint density at radius 1 is 1.37 bits per heavy atom. The molecule has 0 spiro atoms. The molecule has 1 aromatic heterocycles. The molecule has 0 aromatic carbocycles. The lowest BCUT2D eigenvalue weighted by Gasteiger charge is -2.27. The number of hydrogen-bond acceptors (Lipinski definition) is 2. The number of hydrogen-bond donors (Lipinski definition) is 2. The van der Waals surface area contributed by atoms with Crippen LogP contribution in [0.15, 0.2) is 27.8 Å². The number of furan rings is 1. The van der Waals surface area contributed by atoms with Gasteiger partial charge in [0.05, 0.1) is 12.8 Å². The Kier molecular flexibility index (Phi) is 5.93. The second-order valence-corrected chi connectivity index (χ2v) is 6.12. The lowest BCUT2D eigenvalue weighted by atomic mass is 9.84. The van der Waals surface area contributed by atoms with Gasteiger partial charge in [0.25, 0.3) is 0 Å². The molecule has 0 atom stereocenters. The number of aliphatic imine (C=N–C) groups is 1. The number of rotatable bonds is 6. The zero-order valence-corrected chi connectivity index (χ0v) is 12.8. The average molecular weight is 265 g/mol. The minimum Gasteiger partial charge on any atom is -0.467 e. The summed E-state index contributed by atoms with van der Waals surface area (Å²) < 4.78 is 5.28. The predicted molar refractivity (Wildman–Crippen MR) is 80.1 cm³/mol. The molecule has 1 rings (SSSR count). The molecule has 108 valence electrons. The summed E-state index contributed by atoms with van der Waals surface area (Å²) >= 11 is 0. The van der Waals surface area contributed by atoms with Gasteiger partial charge in [-0.15, -0.1) is 0 Å². The predicted octanol–water partition coefficient (Wildman–Crippen LogP) is 3.02. The van der Waals surface area contributed by atoms with E-state index in [9.17, 15) is 0 Å². The van der Waals surface area contributed by atoms with Gasteiger partial charge in [-0.05, 0) is 29.9 Å². The van der Waals surface area contributed by atoms with Crippen LogP contribution in [-0.2, 0) is 6.54 Å². The SMILES string of the molecule is CN=C(NCc1ccco1)NCC(C)(C)CC(C)C. The molecule has 0 unspecified atom stereocenters. The summed E-state index contributed by atoms with van der Waals surface area (Å²) in [5, 5.41) is 6.62. The van der Waals surface area contributed by atoms with Crippen molar-refractivity contribution in [3.05, 3.63) is 24.2 Å². The molecular weight excluding hydrogens is 238 g/mol. The molecule has 4 nitrogen and oxygen atoms in total. The van der Waals surface area contributed by atoms with E-state index >= 15 is 0 Å². The highest BCUT2D eigenvalue weighted by molar-refractivity contribution is 5.79. The molecule has 4 heteroatoms. The first kappa shape index (κ1) is 15.6. The lowest BCUT2D eigenvalue weighted by molar-refractivity contribution is 0.286. The first-order valence-electron chi connectivity index (χ1n) is 6.90. The summed E-state index contributed by atoms with van der Waals surface area (Å²) in [7, 11) is 1.78. The zero-order chi connectivity index (χ0) is 14.3. The fourth-order valence-corrected chi connectivity index (χ4v) is 2.30. The van der Waals surface area contributed by atoms with E-state index in [-0.39, 0.29) is 5.41 Å². The summed E-state index contributed by atoms with van der Waals surface area (Å²) in [6, 6.07) is 3.84. The van der Waals surface area contributed by atoms with Crippen LogP contribution in [0.25, 0.3) is 0 Å². The standard InChI is InChI=1S/C15H27N3O/c1-12(2)9-15(3,4)11-18-14(16-5)17-10-13-7-6-8-19-13/h6-8,12H,9-11H2,1-5H3,(H2,16,17,18). The summed E-state index contributed by atoms with van der Waals surface area (Å²) in [4.78, 5) is 4.22. The average Bonchev–Trinajstić information content (AvgIpc) is 2.80. The van der Waals surface area contributed by atoms with E-state index in [2.05, 4.69) is 43.3 Å². The smallest absolute Gasteiger partial charge is 0.191 e. The quantitative estimate of drug-likeness (QED) is 0.614. The Labute approximate surface area is 116 Å². The molecule has 0 fully saturated rings. The van der Waals surface area contributed by atoms with Crippen LogP contribution >= 0.6 is 0 Å². The Bertz CT molecular complexity index is 380. The van der Waals surface area contributed by atoms with E-state index in [1.165, 1.54) is 6.42 Å². The van der Waals surface area contributed by atoms with Gasteiger partial charge in [0, 0.05) is 13.6 Å². The summed E-state index contributed by atoms with van der Waals surface area (Å²) in [5.74, 6) is 2.42. The second kappa shape index (κ2) is 7.22. The van der Waals surface area contributed by atoms with Crippen molar-refractivity contribution in [3.8, 4) is 0 Å². The third-order valence-corrected chi connectivity index (χ3v) is 2.93. The summed E-state index contributed by atoms with van der Waals surface area (Å²) in [5.41, 5.74) is 0.260. The summed E-state index contributed by atoms with van der Waals surface area (Å²) in [6.45, 7) is 10.6. The molecule has 1 heterocycles. The fourth-order valence-electron chi connectivity index (χ4n) is 2.30. The third-order valence-electron chi connectivity index (χ3n) is 2.93. The first-order valence-corrected chi connectivity index (χ1v) is 6.90. The van der Waals surface area contributed by atoms with Crippen LogP contribution in [0.1, 0.15) is 39.9 Å². The minimum absolute atomic E-state index is 0.260. The molecule has 0 amide bonds. The molecule has 19 heavy (non-hydrogen) atoms. The van der Waals surface area contributed by atoms with Crippen LogP contribution in [0.3, 0.4) is 0 Å². The maximum absolute atomic E-state index is 5.28. The molecule has 0 aliphatic rings. The third kappa shape index (κ3) is 6.32. The maximum atomic E-state index is 5.28.